The zero-order chi connectivity index (χ0) is 10.0. The first-order chi connectivity index (χ1) is 6.06. The maximum absolute atomic E-state index is 12.7. The fourth-order valence-corrected chi connectivity index (χ4v) is 0.802. The molecule has 4 N–H and O–H groups in total. The summed E-state index contributed by atoms with van der Waals surface area (Å²) >= 11 is 0. The summed E-state index contributed by atoms with van der Waals surface area (Å²) < 4.78 is 12.7. The molecule has 0 atom stereocenters. The third-order valence-electron chi connectivity index (χ3n) is 1.54. The molecule has 5 nitrogen and oxygen atoms in total. The van der Waals surface area contributed by atoms with E-state index in [0.29, 0.717) is 0 Å². The molecule has 13 heavy (non-hydrogen) atoms. The Kier molecular flexibility index (Phi) is 2.32. The molecule has 0 aliphatic carbocycles. The number of aromatic nitrogens is 2. The molecule has 0 fully saturated rings. The number of hydrogen-bond acceptors (Lipinski definition) is 5. The molecule has 1 aromatic heterocycles. The summed E-state index contributed by atoms with van der Waals surface area (Å²) in [6, 6.07) is 0. The Morgan fingerprint density at radius 2 is 2.08 bits per heavy atom. The molecular formula is C7H10FN5. The molecule has 0 spiro atoms. The third-order valence-corrected chi connectivity index (χ3v) is 1.54. The van der Waals surface area contributed by atoms with Gasteiger partial charge in [0.15, 0.2) is 11.6 Å². The summed E-state index contributed by atoms with van der Waals surface area (Å²) in [5.74, 6) is 0.135. The Morgan fingerprint density at radius 1 is 1.46 bits per heavy atom. The molecule has 1 heterocycles. The summed E-state index contributed by atoms with van der Waals surface area (Å²) in [5.41, 5.74) is 11.0. The van der Waals surface area contributed by atoms with Crippen molar-refractivity contribution in [2.75, 3.05) is 23.4 Å². The van der Waals surface area contributed by atoms with Gasteiger partial charge in [0.1, 0.15) is 5.69 Å². The summed E-state index contributed by atoms with van der Waals surface area (Å²) in [4.78, 5) is 8.20. The number of halogens is 1. The molecule has 0 saturated carbocycles. The first-order valence-corrected chi connectivity index (χ1v) is 3.50. The van der Waals surface area contributed by atoms with E-state index in [1.165, 1.54) is 11.1 Å². The minimum atomic E-state index is -0.907. The van der Waals surface area contributed by atoms with E-state index in [2.05, 4.69) is 16.5 Å². The zero-order valence-electron chi connectivity index (χ0n) is 7.16. The highest BCUT2D eigenvalue weighted by atomic mass is 19.1. The van der Waals surface area contributed by atoms with Crippen LogP contribution in [0.1, 0.15) is 0 Å². The van der Waals surface area contributed by atoms with Crippen LogP contribution >= 0.6 is 0 Å². The van der Waals surface area contributed by atoms with Crippen molar-refractivity contribution in [1.82, 2.24) is 9.97 Å². The summed E-state index contributed by atoms with van der Waals surface area (Å²) in [7, 11) is 1.63. The highest BCUT2D eigenvalue weighted by Crippen LogP contribution is 2.23. The first kappa shape index (κ1) is 9.24. The molecule has 0 aromatic carbocycles. The Labute approximate surface area is 74.9 Å². The number of nitrogens with two attached hydrogens (primary N) is 2. The van der Waals surface area contributed by atoms with E-state index in [-0.39, 0.29) is 17.3 Å². The largest absolute Gasteiger partial charge is 0.393 e. The third kappa shape index (κ3) is 1.66. The molecule has 0 saturated heterocycles. The van der Waals surface area contributed by atoms with E-state index >= 15 is 0 Å². The molecule has 1 aromatic rings. The quantitative estimate of drug-likeness (QED) is 0.647. The monoisotopic (exact) mass is 183 g/mol. The van der Waals surface area contributed by atoms with Crippen molar-refractivity contribution in [1.29, 1.82) is 0 Å². The van der Waals surface area contributed by atoms with Crippen LogP contribution < -0.4 is 16.4 Å². The molecule has 0 amide bonds. The summed E-state index contributed by atoms with van der Waals surface area (Å²) in [5, 5.41) is 0. The van der Waals surface area contributed by atoms with Gasteiger partial charge in [0, 0.05) is 7.05 Å². The second kappa shape index (κ2) is 3.26. The van der Waals surface area contributed by atoms with Gasteiger partial charge in [-0.15, -0.1) is 0 Å². The van der Waals surface area contributed by atoms with Crippen molar-refractivity contribution in [3.05, 3.63) is 18.9 Å². The van der Waals surface area contributed by atoms with E-state index in [4.69, 9.17) is 11.5 Å². The molecule has 70 valence electrons. The highest BCUT2D eigenvalue weighted by molar-refractivity contribution is 5.73. The average Bonchev–Trinajstić information content (AvgIpc) is 2.10. The van der Waals surface area contributed by atoms with Gasteiger partial charge in [-0.3, -0.25) is 0 Å². The normalized spacial score (nSPS) is 9.69. The van der Waals surface area contributed by atoms with Crippen molar-refractivity contribution in [2.24, 2.45) is 0 Å². The summed E-state index contributed by atoms with van der Waals surface area (Å²) in [6.07, 6.45) is 0.535. The molecule has 0 radical (unpaired) electrons. The van der Waals surface area contributed by atoms with E-state index < -0.39 is 6.08 Å². The predicted octanol–water partition coefficient (Wildman–Crippen LogP) is 0.360. The maximum Gasteiger partial charge on any atom is 0.312 e. The number of nitrogens with zero attached hydrogens (tertiary/aromatic N) is 3. The lowest BCUT2D eigenvalue weighted by Gasteiger charge is -2.14. The van der Waals surface area contributed by atoms with Crippen LogP contribution in [0.15, 0.2) is 12.8 Å². The van der Waals surface area contributed by atoms with Gasteiger partial charge >= 0.3 is 6.08 Å². The molecule has 0 bridgehead atoms. The minimum absolute atomic E-state index is 0.0730. The fourth-order valence-electron chi connectivity index (χ4n) is 0.802. The minimum Gasteiger partial charge on any atom is -0.393 e. The van der Waals surface area contributed by atoms with E-state index in [1.807, 2.05) is 0 Å². The van der Waals surface area contributed by atoms with Gasteiger partial charge in [0.25, 0.3) is 0 Å². The lowest BCUT2D eigenvalue weighted by atomic mass is 10.4. The van der Waals surface area contributed by atoms with Crippen molar-refractivity contribution in [2.45, 2.75) is 0 Å². The van der Waals surface area contributed by atoms with Gasteiger partial charge in [0.2, 0.25) is 0 Å². The molecule has 0 aliphatic rings. The van der Waals surface area contributed by atoms with Crippen LogP contribution in [-0.2, 0) is 0 Å². The second-order valence-corrected chi connectivity index (χ2v) is 2.41. The van der Waals surface area contributed by atoms with Gasteiger partial charge < -0.3 is 16.4 Å². The van der Waals surface area contributed by atoms with Crippen LogP contribution in [0.4, 0.5) is 21.7 Å². The predicted molar refractivity (Wildman–Crippen MR) is 49.4 cm³/mol. The number of rotatable bonds is 2. The van der Waals surface area contributed by atoms with Crippen molar-refractivity contribution < 1.29 is 4.39 Å². The molecule has 0 aliphatic heterocycles. The van der Waals surface area contributed by atoms with E-state index in [1.54, 1.807) is 7.05 Å². The molecule has 1 rings (SSSR count). The van der Waals surface area contributed by atoms with Crippen molar-refractivity contribution >= 4 is 17.3 Å². The van der Waals surface area contributed by atoms with Crippen LogP contribution in [0.5, 0.6) is 0 Å². The molecular weight excluding hydrogens is 173 g/mol. The van der Waals surface area contributed by atoms with Gasteiger partial charge in [-0.2, -0.15) is 14.4 Å². The van der Waals surface area contributed by atoms with Crippen LogP contribution in [0.2, 0.25) is 0 Å². The number of hydrogen-bond donors (Lipinski definition) is 2. The van der Waals surface area contributed by atoms with Gasteiger partial charge in [0.05, 0.1) is 0 Å². The lowest BCUT2D eigenvalue weighted by Crippen LogP contribution is -2.15. The number of anilines is 3. The van der Waals surface area contributed by atoms with Gasteiger partial charge in [-0.05, 0) is 6.20 Å². The highest BCUT2D eigenvalue weighted by Gasteiger charge is 2.11. The maximum atomic E-state index is 12.7. The molecule has 6 heteroatoms. The van der Waals surface area contributed by atoms with E-state index in [0.717, 1.165) is 0 Å². The van der Waals surface area contributed by atoms with Crippen LogP contribution in [0.3, 0.4) is 0 Å². The lowest BCUT2D eigenvalue weighted by molar-refractivity contribution is 0.542. The van der Waals surface area contributed by atoms with Crippen molar-refractivity contribution in [3.8, 4) is 0 Å². The fraction of sp³-hybridized carbons (Fsp3) is 0.143. The Hall–Kier alpha value is -1.85. The Balaban J connectivity index is 3.27. The summed E-state index contributed by atoms with van der Waals surface area (Å²) in [6.45, 7) is 3.48. The van der Waals surface area contributed by atoms with Gasteiger partial charge in [-0.25, -0.2) is 0 Å². The Morgan fingerprint density at radius 3 is 2.62 bits per heavy atom. The van der Waals surface area contributed by atoms with Gasteiger partial charge in [-0.1, -0.05) is 6.58 Å². The van der Waals surface area contributed by atoms with Crippen LogP contribution in [-0.4, -0.2) is 17.0 Å². The van der Waals surface area contributed by atoms with E-state index in [9.17, 15) is 4.39 Å². The topological polar surface area (TPSA) is 81.1 Å². The zero-order valence-corrected chi connectivity index (χ0v) is 7.16. The molecule has 0 unspecified atom stereocenters. The Bertz CT molecular complexity index is 338. The number of nitrogen functional groups attached to an aromatic ring is 2. The SMILES string of the molecule is C=CN(C)c1nc(F)nc(N)c1N. The first-order valence-electron chi connectivity index (χ1n) is 3.50. The standard InChI is InChI=1S/C7H10FN5/c1-3-13(2)6-4(9)5(10)11-7(8)12-6/h3H,1,9H2,2H3,(H2,10,11,12). The second-order valence-electron chi connectivity index (χ2n) is 2.41. The van der Waals surface area contributed by atoms with Crippen molar-refractivity contribution in [3.63, 3.8) is 0 Å². The average molecular weight is 183 g/mol. The van der Waals surface area contributed by atoms with Crippen LogP contribution in [0, 0.1) is 6.08 Å². The smallest absolute Gasteiger partial charge is 0.312 e. The van der Waals surface area contributed by atoms with Crippen LogP contribution in [0.25, 0.3) is 0 Å².